The number of hydrogen-bond donors (Lipinski definition) is 2. The van der Waals surface area contributed by atoms with Crippen molar-refractivity contribution in [1.82, 2.24) is 15.6 Å². The van der Waals surface area contributed by atoms with Crippen LogP contribution in [-0.4, -0.2) is 29.4 Å². The first-order valence-corrected chi connectivity index (χ1v) is 5.31. The molecule has 0 radical (unpaired) electrons. The molecule has 0 saturated carbocycles. The molecule has 0 fully saturated rings. The Balaban J connectivity index is 1.73. The van der Waals surface area contributed by atoms with Crippen molar-refractivity contribution >= 4 is 11.7 Å². The summed E-state index contributed by atoms with van der Waals surface area (Å²) in [6.07, 6.45) is 0. The minimum Gasteiger partial charge on any atom is -0.492 e. The number of anilines is 1. The van der Waals surface area contributed by atoms with Crippen molar-refractivity contribution < 1.29 is 14.2 Å². The van der Waals surface area contributed by atoms with Gasteiger partial charge in [0.25, 0.3) is 5.91 Å². The van der Waals surface area contributed by atoms with Gasteiger partial charge in [0.1, 0.15) is 12.4 Å². The highest BCUT2D eigenvalue weighted by Gasteiger charge is 2.14. The van der Waals surface area contributed by atoms with Crippen LogP contribution < -0.4 is 15.8 Å². The molecule has 1 heterocycles. The van der Waals surface area contributed by atoms with Crippen LogP contribution >= 0.6 is 0 Å². The van der Waals surface area contributed by atoms with Crippen LogP contribution in [0.5, 0.6) is 5.75 Å². The summed E-state index contributed by atoms with van der Waals surface area (Å²) in [7, 11) is 0. The molecular weight excluding hydrogens is 236 g/mol. The SMILES string of the molecule is Nc1nonc1C(=O)NCCOc1ccccc1. The van der Waals surface area contributed by atoms with Crippen LogP contribution in [0.15, 0.2) is 35.0 Å². The Morgan fingerprint density at radius 1 is 1.33 bits per heavy atom. The Kier molecular flexibility index (Phi) is 3.75. The van der Waals surface area contributed by atoms with E-state index in [2.05, 4.69) is 20.3 Å². The van der Waals surface area contributed by atoms with E-state index in [4.69, 9.17) is 10.5 Å². The number of rotatable bonds is 5. The van der Waals surface area contributed by atoms with Crippen molar-refractivity contribution in [2.24, 2.45) is 0 Å². The fourth-order valence-electron chi connectivity index (χ4n) is 1.29. The molecule has 7 heteroatoms. The second-order valence-electron chi connectivity index (χ2n) is 3.42. The number of ether oxygens (including phenoxy) is 1. The van der Waals surface area contributed by atoms with E-state index in [0.29, 0.717) is 13.2 Å². The zero-order chi connectivity index (χ0) is 12.8. The highest BCUT2D eigenvalue weighted by atomic mass is 16.6. The summed E-state index contributed by atoms with van der Waals surface area (Å²) in [6, 6.07) is 9.31. The zero-order valence-electron chi connectivity index (χ0n) is 9.50. The molecule has 7 nitrogen and oxygen atoms in total. The first-order valence-electron chi connectivity index (χ1n) is 5.31. The van der Waals surface area contributed by atoms with E-state index in [1.807, 2.05) is 30.3 Å². The Morgan fingerprint density at radius 3 is 2.78 bits per heavy atom. The monoisotopic (exact) mass is 248 g/mol. The number of carbonyl (C=O) groups excluding carboxylic acids is 1. The van der Waals surface area contributed by atoms with Crippen molar-refractivity contribution in [3.8, 4) is 5.75 Å². The highest BCUT2D eigenvalue weighted by Crippen LogP contribution is 2.07. The van der Waals surface area contributed by atoms with Gasteiger partial charge in [0, 0.05) is 0 Å². The van der Waals surface area contributed by atoms with Crippen molar-refractivity contribution in [1.29, 1.82) is 0 Å². The van der Waals surface area contributed by atoms with Crippen LogP contribution in [0.1, 0.15) is 10.5 Å². The molecule has 0 aliphatic heterocycles. The Hall–Kier alpha value is -2.57. The Labute approximate surface area is 103 Å². The molecule has 0 bridgehead atoms. The number of nitrogens with two attached hydrogens (primary N) is 1. The third kappa shape index (κ3) is 2.97. The largest absolute Gasteiger partial charge is 0.492 e. The standard InChI is InChI=1S/C11H12N4O3/c12-10-9(14-18-15-10)11(16)13-6-7-17-8-4-2-1-3-5-8/h1-5H,6-7H2,(H2,12,15)(H,13,16). The number of aromatic nitrogens is 2. The first-order chi connectivity index (χ1) is 8.77. The molecule has 94 valence electrons. The summed E-state index contributed by atoms with van der Waals surface area (Å²) in [5, 5.41) is 9.29. The summed E-state index contributed by atoms with van der Waals surface area (Å²) in [5.41, 5.74) is 5.36. The molecule has 0 saturated heterocycles. The van der Waals surface area contributed by atoms with Crippen LogP contribution in [-0.2, 0) is 0 Å². The van der Waals surface area contributed by atoms with Crippen molar-refractivity contribution in [3.05, 3.63) is 36.0 Å². The average molecular weight is 248 g/mol. The second kappa shape index (κ2) is 5.67. The number of benzene rings is 1. The topological polar surface area (TPSA) is 103 Å². The quantitative estimate of drug-likeness (QED) is 0.745. The molecular formula is C11H12N4O3. The maximum Gasteiger partial charge on any atom is 0.277 e. The molecule has 0 aliphatic carbocycles. The summed E-state index contributed by atoms with van der Waals surface area (Å²) in [4.78, 5) is 11.5. The van der Waals surface area contributed by atoms with E-state index in [-0.39, 0.29) is 11.5 Å². The fraction of sp³-hybridized carbons (Fsp3) is 0.182. The smallest absolute Gasteiger partial charge is 0.277 e. The molecule has 2 rings (SSSR count). The molecule has 0 unspecified atom stereocenters. The number of nitrogens with one attached hydrogen (secondary N) is 1. The normalized spacial score (nSPS) is 10.0. The first kappa shape index (κ1) is 11.9. The Morgan fingerprint density at radius 2 is 2.11 bits per heavy atom. The van der Waals surface area contributed by atoms with Crippen LogP contribution in [0, 0.1) is 0 Å². The average Bonchev–Trinajstić information content (AvgIpc) is 2.82. The number of nitrogen functional groups attached to an aromatic ring is 1. The lowest BCUT2D eigenvalue weighted by atomic mass is 10.3. The van der Waals surface area contributed by atoms with Crippen LogP contribution in [0.2, 0.25) is 0 Å². The number of carbonyl (C=O) groups is 1. The van der Waals surface area contributed by atoms with Gasteiger partial charge in [-0.3, -0.25) is 4.79 Å². The van der Waals surface area contributed by atoms with Gasteiger partial charge in [0.2, 0.25) is 11.5 Å². The molecule has 18 heavy (non-hydrogen) atoms. The molecule has 1 aromatic carbocycles. The maximum atomic E-state index is 11.5. The lowest BCUT2D eigenvalue weighted by Crippen LogP contribution is -2.28. The third-order valence-electron chi connectivity index (χ3n) is 2.13. The maximum absolute atomic E-state index is 11.5. The van der Waals surface area contributed by atoms with Gasteiger partial charge in [-0.2, -0.15) is 0 Å². The highest BCUT2D eigenvalue weighted by molar-refractivity contribution is 5.95. The van der Waals surface area contributed by atoms with Crippen LogP contribution in [0.25, 0.3) is 0 Å². The number of para-hydroxylation sites is 1. The summed E-state index contributed by atoms with van der Waals surface area (Å²) in [6.45, 7) is 0.682. The number of amides is 1. The number of hydrogen-bond acceptors (Lipinski definition) is 6. The van der Waals surface area contributed by atoms with E-state index < -0.39 is 5.91 Å². The molecule has 1 aromatic heterocycles. The van der Waals surface area contributed by atoms with Crippen LogP contribution in [0.4, 0.5) is 5.82 Å². The van der Waals surface area contributed by atoms with Gasteiger partial charge in [-0.05, 0) is 22.4 Å². The van der Waals surface area contributed by atoms with Gasteiger partial charge >= 0.3 is 0 Å². The summed E-state index contributed by atoms with van der Waals surface area (Å²) in [5.74, 6) is 0.274. The zero-order valence-corrected chi connectivity index (χ0v) is 9.50. The molecule has 1 amide bonds. The minimum atomic E-state index is -0.439. The number of nitrogens with zero attached hydrogens (tertiary/aromatic N) is 2. The fourth-order valence-corrected chi connectivity index (χ4v) is 1.29. The Bertz CT molecular complexity index is 512. The lowest BCUT2D eigenvalue weighted by molar-refractivity contribution is 0.0937. The van der Waals surface area contributed by atoms with E-state index in [0.717, 1.165) is 5.75 Å². The van der Waals surface area contributed by atoms with Gasteiger partial charge in [0.15, 0.2) is 0 Å². The third-order valence-corrected chi connectivity index (χ3v) is 2.13. The molecule has 0 spiro atoms. The van der Waals surface area contributed by atoms with Gasteiger partial charge in [-0.15, -0.1) is 0 Å². The van der Waals surface area contributed by atoms with Crippen molar-refractivity contribution in [2.45, 2.75) is 0 Å². The van der Waals surface area contributed by atoms with E-state index in [1.165, 1.54) is 0 Å². The molecule has 2 aromatic rings. The van der Waals surface area contributed by atoms with E-state index >= 15 is 0 Å². The predicted molar refractivity (Wildman–Crippen MR) is 63.0 cm³/mol. The second-order valence-corrected chi connectivity index (χ2v) is 3.42. The summed E-state index contributed by atoms with van der Waals surface area (Å²) >= 11 is 0. The van der Waals surface area contributed by atoms with Gasteiger partial charge in [-0.25, -0.2) is 4.63 Å². The van der Waals surface area contributed by atoms with Crippen molar-refractivity contribution in [3.63, 3.8) is 0 Å². The summed E-state index contributed by atoms with van der Waals surface area (Å²) < 4.78 is 9.72. The predicted octanol–water partition coefficient (Wildman–Crippen LogP) is 0.461. The minimum absolute atomic E-state index is 0.0188. The van der Waals surface area contributed by atoms with Gasteiger partial charge in [-0.1, -0.05) is 18.2 Å². The van der Waals surface area contributed by atoms with Gasteiger partial charge in [0.05, 0.1) is 6.54 Å². The van der Waals surface area contributed by atoms with Crippen molar-refractivity contribution in [2.75, 3.05) is 18.9 Å². The molecule has 3 N–H and O–H groups in total. The molecule has 0 aliphatic rings. The lowest BCUT2D eigenvalue weighted by Gasteiger charge is -2.06. The van der Waals surface area contributed by atoms with E-state index in [1.54, 1.807) is 0 Å². The van der Waals surface area contributed by atoms with Crippen LogP contribution in [0.3, 0.4) is 0 Å². The van der Waals surface area contributed by atoms with E-state index in [9.17, 15) is 4.79 Å². The molecule has 0 atom stereocenters. The van der Waals surface area contributed by atoms with Gasteiger partial charge < -0.3 is 15.8 Å².